The van der Waals surface area contributed by atoms with Gasteiger partial charge in [0.1, 0.15) is 11.2 Å². The number of alkyl carbamates (subject to hydrolysis) is 1. The first-order valence-corrected chi connectivity index (χ1v) is 8.18. The molecule has 0 spiro atoms. The number of nitrogens with zero attached hydrogens (tertiary/aromatic N) is 1. The van der Waals surface area contributed by atoms with Crippen LogP contribution in [0.15, 0.2) is 11.8 Å². The van der Waals surface area contributed by atoms with Gasteiger partial charge in [-0.3, -0.25) is 10.2 Å². The van der Waals surface area contributed by atoms with E-state index in [0.717, 1.165) is 25.0 Å². The number of rotatable bonds is 1. The Morgan fingerprint density at radius 1 is 1.09 bits per heavy atom. The highest BCUT2D eigenvalue weighted by molar-refractivity contribution is 5.73. The van der Waals surface area contributed by atoms with Gasteiger partial charge in [0.05, 0.1) is 6.04 Å². The molecule has 0 aromatic rings. The fraction of sp³-hybridized carbons (Fsp3) is 0.765. The van der Waals surface area contributed by atoms with Gasteiger partial charge in [-0.05, 0) is 60.8 Å². The standard InChI is InChI=1S/C17H28N2O4/c1-16(2,3)22-14(20)18-12-9-7-11-8-10-13(12)19(11)15(21)23-17(4,5)6/h9,11,13H,7-8,10H2,1-6H3,(H,18,20). The third-order valence-electron chi connectivity index (χ3n) is 3.72. The number of nitrogens with one attached hydrogen (secondary N) is 1. The average molecular weight is 324 g/mol. The zero-order valence-corrected chi connectivity index (χ0v) is 14.9. The fourth-order valence-corrected chi connectivity index (χ4v) is 2.97. The van der Waals surface area contributed by atoms with Gasteiger partial charge < -0.3 is 9.47 Å². The maximum absolute atomic E-state index is 12.5. The Hall–Kier alpha value is -1.72. The van der Waals surface area contributed by atoms with E-state index < -0.39 is 17.3 Å². The lowest BCUT2D eigenvalue weighted by Crippen LogP contribution is -2.49. The van der Waals surface area contributed by atoms with E-state index in [4.69, 9.17) is 9.47 Å². The molecule has 2 aliphatic heterocycles. The van der Waals surface area contributed by atoms with Crippen LogP contribution < -0.4 is 5.32 Å². The summed E-state index contributed by atoms with van der Waals surface area (Å²) in [7, 11) is 0. The zero-order chi connectivity index (χ0) is 17.4. The summed E-state index contributed by atoms with van der Waals surface area (Å²) in [5.74, 6) is 0. The lowest BCUT2D eigenvalue weighted by Gasteiger charge is -2.36. The molecule has 0 aromatic heterocycles. The summed E-state index contributed by atoms with van der Waals surface area (Å²) in [4.78, 5) is 26.2. The second-order valence-electron chi connectivity index (χ2n) is 8.16. The molecule has 2 rings (SSSR count). The van der Waals surface area contributed by atoms with Crippen LogP contribution in [0, 0.1) is 0 Å². The highest BCUT2D eigenvalue weighted by Crippen LogP contribution is 2.36. The van der Waals surface area contributed by atoms with Crippen LogP contribution in [0.3, 0.4) is 0 Å². The van der Waals surface area contributed by atoms with Gasteiger partial charge >= 0.3 is 12.2 Å². The van der Waals surface area contributed by atoms with Gasteiger partial charge in [0.25, 0.3) is 0 Å². The molecule has 2 amide bonds. The Morgan fingerprint density at radius 3 is 2.26 bits per heavy atom. The van der Waals surface area contributed by atoms with Crippen LogP contribution in [0.4, 0.5) is 9.59 Å². The van der Waals surface area contributed by atoms with E-state index >= 15 is 0 Å². The molecule has 0 radical (unpaired) electrons. The number of hydrogen-bond acceptors (Lipinski definition) is 4. The van der Waals surface area contributed by atoms with Gasteiger partial charge in [0.2, 0.25) is 0 Å². The SMILES string of the molecule is CC(C)(C)OC(=O)NC1=CCC2CCC1N2C(=O)OC(C)(C)C. The zero-order valence-electron chi connectivity index (χ0n) is 14.9. The van der Waals surface area contributed by atoms with Crippen LogP contribution in [0.1, 0.15) is 60.8 Å². The Morgan fingerprint density at radius 2 is 1.70 bits per heavy atom. The van der Waals surface area contributed by atoms with E-state index in [0.29, 0.717) is 0 Å². The molecule has 2 aliphatic rings. The van der Waals surface area contributed by atoms with E-state index in [9.17, 15) is 9.59 Å². The number of carbonyl (C=O) groups excluding carboxylic acids is 2. The smallest absolute Gasteiger partial charge is 0.411 e. The minimum atomic E-state index is -0.553. The van der Waals surface area contributed by atoms with Crippen molar-refractivity contribution in [3.63, 3.8) is 0 Å². The fourth-order valence-electron chi connectivity index (χ4n) is 2.97. The van der Waals surface area contributed by atoms with E-state index in [1.807, 2.05) is 47.6 Å². The van der Waals surface area contributed by atoms with Gasteiger partial charge in [-0.15, -0.1) is 0 Å². The van der Waals surface area contributed by atoms with E-state index in [-0.39, 0.29) is 18.2 Å². The molecule has 23 heavy (non-hydrogen) atoms. The van der Waals surface area contributed by atoms with Crippen molar-refractivity contribution in [2.24, 2.45) is 0 Å². The van der Waals surface area contributed by atoms with Crippen molar-refractivity contribution < 1.29 is 19.1 Å². The van der Waals surface area contributed by atoms with Gasteiger partial charge in [0.15, 0.2) is 0 Å². The summed E-state index contributed by atoms with van der Waals surface area (Å²) in [5, 5.41) is 2.80. The Labute approximate surface area is 138 Å². The predicted molar refractivity (Wildman–Crippen MR) is 87.0 cm³/mol. The third-order valence-corrected chi connectivity index (χ3v) is 3.72. The monoisotopic (exact) mass is 324 g/mol. The summed E-state index contributed by atoms with van der Waals surface area (Å²) in [6.07, 6.45) is 3.65. The molecule has 6 nitrogen and oxygen atoms in total. The molecule has 0 aliphatic carbocycles. The predicted octanol–water partition coefficient (Wildman–Crippen LogP) is 3.57. The highest BCUT2D eigenvalue weighted by atomic mass is 16.6. The molecular formula is C17H28N2O4. The normalized spacial score (nSPS) is 24.1. The van der Waals surface area contributed by atoms with Crippen molar-refractivity contribution in [1.82, 2.24) is 10.2 Å². The lowest BCUT2D eigenvalue weighted by molar-refractivity contribution is 0.0146. The van der Waals surface area contributed by atoms with E-state index in [2.05, 4.69) is 5.32 Å². The number of fused-ring (bicyclic) bond motifs is 2. The molecule has 1 saturated heterocycles. The number of ether oxygens (including phenoxy) is 2. The summed E-state index contributed by atoms with van der Waals surface area (Å²) in [6, 6.07) is 0.00940. The van der Waals surface area contributed by atoms with Gasteiger partial charge in [0, 0.05) is 11.7 Å². The van der Waals surface area contributed by atoms with Gasteiger partial charge in [-0.25, -0.2) is 9.59 Å². The maximum Gasteiger partial charge on any atom is 0.411 e. The topological polar surface area (TPSA) is 67.9 Å². The van der Waals surface area contributed by atoms with Crippen molar-refractivity contribution in [1.29, 1.82) is 0 Å². The second kappa shape index (κ2) is 6.06. The molecule has 130 valence electrons. The van der Waals surface area contributed by atoms with Crippen molar-refractivity contribution in [2.75, 3.05) is 0 Å². The Balaban J connectivity index is 2.06. The second-order valence-corrected chi connectivity index (χ2v) is 8.16. The first kappa shape index (κ1) is 17.6. The van der Waals surface area contributed by atoms with Gasteiger partial charge in [-0.1, -0.05) is 6.08 Å². The molecule has 0 saturated carbocycles. The summed E-state index contributed by atoms with van der Waals surface area (Å²) >= 11 is 0. The Kier molecular flexibility index (Phi) is 4.64. The maximum atomic E-state index is 12.5. The molecular weight excluding hydrogens is 296 g/mol. The van der Waals surface area contributed by atoms with E-state index in [1.54, 1.807) is 4.90 Å². The van der Waals surface area contributed by atoms with E-state index in [1.165, 1.54) is 0 Å². The summed E-state index contributed by atoms with van der Waals surface area (Å²) in [5.41, 5.74) is -0.349. The van der Waals surface area contributed by atoms with Crippen molar-refractivity contribution in [3.05, 3.63) is 11.8 Å². The van der Waals surface area contributed by atoms with Crippen LogP contribution in [0.2, 0.25) is 0 Å². The van der Waals surface area contributed by atoms with Crippen LogP contribution in [-0.4, -0.2) is 40.4 Å². The average Bonchev–Trinajstić information content (AvgIpc) is 2.64. The van der Waals surface area contributed by atoms with Crippen molar-refractivity contribution >= 4 is 12.2 Å². The molecule has 0 aromatic carbocycles. The molecule has 2 unspecified atom stereocenters. The number of carbonyl (C=O) groups is 2. The van der Waals surface area contributed by atoms with Crippen LogP contribution in [-0.2, 0) is 9.47 Å². The first-order valence-electron chi connectivity index (χ1n) is 8.18. The Bertz CT molecular complexity index is 514. The van der Waals surface area contributed by atoms with Crippen LogP contribution >= 0.6 is 0 Å². The summed E-state index contributed by atoms with van der Waals surface area (Å²) in [6.45, 7) is 11.0. The van der Waals surface area contributed by atoms with Crippen molar-refractivity contribution in [2.45, 2.75) is 84.1 Å². The molecule has 1 fully saturated rings. The first-order chi connectivity index (χ1) is 10.5. The molecule has 6 heteroatoms. The summed E-state index contributed by atoms with van der Waals surface area (Å²) < 4.78 is 10.8. The number of amides is 2. The molecule has 2 atom stereocenters. The minimum absolute atomic E-state index is 0.142. The largest absolute Gasteiger partial charge is 0.444 e. The number of hydrogen-bond donors (Lipinski definition) is 1. The highest BCUT2D eigenvalue weighted by Gasteiger charge is 2.43. The molecule has 2 heterocycles. The molecule has 1 N–H and O–H groups in total. The third kappa shape index (κ3) is 4.62. The minimum Gasteiger partial charge on any atom is -0.444 e. The lowest BCUT2D eigenvalue weighted by atomic mass is 10.1. The van der Waals surface area contributed by atoms with Crippen molar-refractivity contribution in [3.8, 4) is 0 Å². The van der Waals surface area contributed by atoms with Gasteiger partial charge in [-0.2, -0.15) is 0 Å². The van der Waals surface area contributed by atoms with Crippen LogP contribution in [0.25, 0.3) is 0 Å². The quantitative estimate of drug-likeness (QED) is 0.800. The molecule has 2 bridgehead atoms. The van der Waals surface area contributed by atoms with Crippen LogP contribution in [0.5, 0.6) is 0 Å².